The Bertz CT molecular complexity index is 962. The Morgan fingerprint density at radius 3 is 2.28 bits per heavy atom. The van der Waals surface area contributed by atoms with Crippen LogP contribution in [0.1, 0.15) is 24.3 Å². The molecule has 0 bridgehead atoms. The number of hydrogen-bond donors (Lipinski definition) is 2. The van der Waals surface area contributed by atoms with Crippen molar-refractivity contribution >= 4 is 31.6 Å². The number of sulfonamides is 1. The van der Waals surface area contributed by atoms with Gasteiger partial charge in [0.15, 0.2) is 15.7 Å². The normalized spacial score (nSPS) is 11.9. The maximum Gasteiger partial charge on any atom is 0.356 e. The Labute approximate surface area is 145 Å². The highest BCUT2D eigenvalue weighted by molar-refractivity contribution is 7.92. The van der Waals surface area contributed by atoms with Crippen LogP contribution in [-0.4, -0.2) is 45.4 Å². The molecule has 1 aromatic carbocycles. The van der Waals surface area contributed by atoms with Gasteiger partial charge in [-0.15, -0.1) is 0 Å². The lowest BCUT2D eigenvalue weighted by molar-refractivity contribution is 0.0519. The molecule has 0 unspecified atom stereocenters. The highest BCUT2D eigenvalue weighted by Crippen LogP contribution is 2.18. The van der Waals surface area contributed by atoms with Gasteiger partial charge in [0.05, 0.1) is 22.2 Å². The zero-order chi connectivity index (χ0) is 18.7. The van der Waals surface area contributed by atoms with Crippen LogP contribution in [0.15, 0.2) is 40.1 Å². The average Bonchev–Trinajstić information content (AvgIpc) is 3.03. The standard InChI is InChI=1S/C14H17N3O6S2/c1-3-23-14(18)12-9-13(16-15-12)17-25(21,22)11-7-5-10(6-8-11)24(19,20)4-2/h5-9H,3-4H2,1-2H3,(H2,15,16,17). The van der Waals surface area contributed by atoms with Crippen molar-refractivity contribution in [2.45, 2.75) is 23.6 Å². The zero-order valence-electron chi connectivity index (χ0n) is 13.5. The SMILES string of the molecule is CCOC(=O)c1cc(NS(=O)(=O)c2ccc(S(=O)(=O)CC)cc2)n[nH]1. The summed E-state index contributed by atoms with van der Waals surface area (Å²) in [5.41, 5.74) is 0.00365. The number of aromatic nitrogens is 2. The van der Waals surface area contributed by atoms with E-state index in [1.54, 1.807) is 6.92 Å². The van der Waals surface area contributed by atoms with Gasteiger partial charge < -0.3 is 4.74 Å². The molecule has 0 aliphatic carbocycles. The Morgan fingerprint density at radius 1 is 1.12 bits per heavy atom. The number of carbonyl (C=O) groups excluding carboxylic acids is 1. The molecule has 1 aromatic heterocycles. The first-order chi connectivity index (χ1) is 11.7. The second kappa shape index (κ2) is 7.23. The van der Waals surface area contributed by atoms with Gasteiger partial charge in [0.25, 0.3) is 10.0 Å². The van der Waals surface area contributed by atoms with Gasteiger partial charge in [-0.2, -0.15) is 5.10 Å². The summed E-state index contributed by atoms with van der Waals surface area (Å²) < 4.78 is 55.1. The van der Waals surface area contributed by atoms with E-state index >= 15 is 0 Å². The summed E-state index contributed by atoms with van der Waals surface area (Å²) in [5, 5.41) is 6.06. The van der Waals surface area contributed by atoms with Crippen molar-refractivity contribution in [3.63, 3.8) is 0 Å². The fourth-order valence-electron chi connectivity index (χ4n) is 1.88. The molecule has 2 rings (SSSR count). The summed E-state index contributed by atoms with van der Waals surface area (Å²) in [7, 11) is -7.40. The van der Waals surface area contributed by atoms with Gasteiger partial charge in [0, 0.05) is 6.07 Å². The number of ether oxygens (including phenoxy) is 1. The molecule has 0 saturated heterocycles. The second-order valence-electron chi connectivity index (χ2n) is 4.87. The number of nitrogens with zero attached hydrogens (tertiary/aromatic N) is 1. The summed E-state index contributed by atoms with van der Waals surface area (Å²) in [4.78, 5) is 11.4. The van der Waals surface area contributed by atoms with Gasteiger partial charge in [0.2, 0.25) is 0 Å². The lowest BCUT2D eigenvalue weighted by Crippen LogP contribution is -2.13. The van der Waals surface area contributed by atoms with Crippen LogP contribution in [0.3, 0.4) is 0 Å². The summed E-state index contributed by atoms with van der Waals surface area (Å²) in [5.74, 6) is -0.829. The van der Waals surface area contributed by atoms with Gasteiger partial charge in [0.1, 0.15) is 5.69 Å². The van der Waals surface area contributed by atoms with Gasteiger partial charge in [-0.3, -0.25) is 9.82 Å². The van der Waals surface area contributed by atoms with Crippen LogP contribution in [0.25, 0.3) is 0 Å². The topological polar surface area (TPSA) is 135 Å². The first kappa shape index (κ1) is 18.9. The highest BCUT2D eigenvalue weighted by atomic mass is 32.2. The van der Waals surface area contributed by atoms with Crippen molar-refractivity contribution in [2.75, 3.05) is 17.1 Å². The van der Waals surface area contributed by atoms with Crippen LogP contribution in [0.2, 0.25) is 0 Å². The largest absolute Gasteiger partial charge is 0.461 e. The Balaban J connectivity index is 2.21. The van der Waals surface area contributed by atoms with E-state index in [0.29, 0.717) is 0 Å². The number of anilines is 1. The van der Waals surface area contributed by atoms with E-state index in [-0.39, 0.29) is 33.7 Å². The predicted molar refractivity (Wildman–Crippen MR) is 89.5 cm³/mol. The number of benzene rings is 1. The zero-order valence-corrected chi connectivity index (χ0v) is 15.1. The van der Waals surface area contributed by atoms with Crippen LogP contribution in [-0.2, 0) is 24.6 Å². The van der Waals surface area contributed by atoms with Crippen molar-refractivity contribution < 1.29 is 26.4 Å². The van der Waals surface area contributed by atoms with E-state index in [0.717, 1.165) is 0 Å². The lowest BCUT2D eigenvalue weighted by Gasteiger charge is -2.06. The maximum atomic E-state index is 12.3. The number of esters is 1. The van der Waals surface area contributed by atoms with Crippen LogP contribution in [0, 0.1) is 0 Å². The van der Waals surface area contributed by atoms with Gasteiger partial charge in [-0.1, -0.05) is 6.92 Å². The van der Waals surface area contributed by atoms with Crippen molar-refractivity contribution in [3.8, 4) is 0 Å². The smallest absolute Gasteiger partial charge is 0.356 e. The number of nitrogens with one attached hydrogen (secondary N) is 2. The number of rotatable bonds is 7. The summed E-state index contributed by atoms with van der Waals surface area (Å²) in [6.45, 7) is 3.31. The van der Waals surface area contributed by atoms with Crippen molar-refractivity contribution in [2.24, 2.45) is 0 Å². The van der Waals surface area contributed by atoms with Crippen LogP contribution < -0.4 is 4.72 Å². The molecule has 0 aliphatic heterocycles. The highest BCUT2D eigenvalue weighted by Gasteiger charge is 2.19. The van der Waals surface area contributed by atoms with E-state index in [9.17, 15) is 21.6 Å². The average molecular weight is 387 g/mol. The Hall–Kier alpha value is -2.40. The number of carbonyl (C=O) groups is 1. The molecule has 0 aliphatic rings. The molecule has 2 aromatic rings. The predicted octanol–water partition coefficient (Wildman–Crippen LogP) is 1.18. The summed E-state index contributed by atoms with van der Waals surface area (Å²) in [6, 6.07) is 6.02. The van der Waals surface area contributed by atoms with Gasteiger partial charge in [-0.05, 0) is 31.2 Å². The molecular formula is C14H17N3O6S2. The molecule has 0 saturated carbocycles. The third kappa shape index (κ3) is 4.37. The summed E-state index contributed by atoms with van der Waals surface area (Å²) in [6.07, 6.45) is 0. The number of hydrogen-bond acceptors (Lipinski definition) is 7. The van der Waals surface area contributed by atoms with Crippen LogP contribution in [0.4, 0.5) is 5.82 Å². The first-order valence-electron chi connectivity index (χ1n) is 7.27. The molecule has 9 nitrogen and oxygen atoms in total. The molecule has 0 radical (unpaired) electrons. The van der Waals surface area contributed by atoms with Crippen LogP contribution in [0.5, 0.6) is 0 Å². The van der Waals surface area contributed by atoms with E-state index in [1.807, 2.05) is 0 Å². The molecular weight excluding hydrogens is 370 g/mol. The van der Waals surface area contributed by atoms with Crippen molar-refractivity contribution in [3.05, 3.63) is 36.0 Å². The van der Waals surface area contributed by atoms with Crippen molar-refractivity contribution in [1.82, 2.24) is 10.2 Å². The van der Waals surface area contributed by atoms with Crippen molar-refractivity contribution in [1.29, 1.82) is 0 Å². The van der Waals surface area contributed by atoms with Crippen LogP contribution >= 0.6 is 0 Å². The number of aromatic amines is 1. The third-order valence-corrected chi connectivity index (χ3v) is 6.31. The molecule has 136 valence electrons. The monoisotopic (exact) mass is 387 g/mol. The molecule has 1 heterocycles. The van der Waals surface area contributed by atoms with E-state index < -0.39 is 25.8 Å². The Morgan fingerprint density at radius 2 is 1.72 bits per heavy atom. The maximum absolute atomic E-state index is 12.3. The fraction of sp³-hybridized carbons (Fsp3) is 0.286. The quantitative estimate of drug-likeness (QED) is 0.681. The summed E-state index contributed by atoms with van der Waals surface area (Å²) >= 11 is 0. The minimum atomic E-state index is -3.99. The van der Waals surface area contributed by atoms with Gasteiger partial charge >= 0.3 is 5.97 Å². The van der Waals surface area contributed by atoms with E-state index in [4.69, 9.17) is 4.74 Å². The Kier molecular flexibility index (Phi) is 5.48. The molecule has 11 heteroatoms. The minimum Gasteiger partial charge on any atom is -0.461 e. The van der Waals surface area contributed by atoms with Gasteiger partial charge in [-0.25, -0.2) is 21.6 Å². The fourth-order valence-corrected chi connectivity index (χ4v) is 3.75. The minimum absolute atomic E-state index is 0.00365. The number of sulfone groups is 1. The molecule has 0 atom stereocenters. The van der Waals surface area contributed by atoms with E-state index in [1.165, 1.54) is 37.3 Å². The lowest BCUT2D eigenvalue weighted by atomic mass is 10.4. The molecule has 0 fully saturated rings. The molecule has 0 amide bonds. The number of H-pyrrole nitrogens is 1. The third-order valence-electron chi connectivity index (χ3n) is 3.19. The van der Waals surface area contributed by atoms with E-state index in [2.05, 4.69) is 14.9 Å². The first-order valence-corrected chi connectivity index (χ1v) is 10.4. The molecule has 25 heavy (non-hydrogen) atoms. The molecule has 2 N–H and O–H groups in total. The molecule has 0 spiro atoms. The second-order valence-corrected chi connectivity index (χ2v) is 8.83.